The van der Waals surface area contributed by atoms with Gasteiger partial charge in [0.2, 0.25) is 0 Å². The molecule has 0 radical (unpaired) electrons. The van der Waals surface area contributed by atoms with Crippen molar-refractivity contribution in [3.63, 3.8) is 0 Å². The van der Waals surface area contributed by atoms with E-state index < -0.39 is 0 Å². The van der Waals surface area contributed by atoms with Gasteiger partial charge in [-0.15, -0.1) is 0 Å². The number of fused-ring (bicyclic) bond motifs is 1. The molecule has 7 heteroatoms. The minimum absolute atomic E-state index is 0.451. The third-order valence-electron chi connectivity index (χ3n) is 3.20. The maximum atomic E-state index is 5.84. The van der Waals surface area contributed by atoms with E-state index in [1.807, 2.05) is 35.0 Å². The molecule has 0 unspecified atom stereocenters. The van der Waals surface area contributed by atoms with E-state index >= 15 is 0 Å². The molecule has 6 nitrogen and oxygen atoms in total. The number of aromatic nitrogens is 6. The Kier molecular flexibility index (Phi) is 2.68. The number of aromatic amines is 1. The van der Waals surface area contributed by atoms with Gasteiger partial charge in [0.15, 0.2) is 0 Å². The van der Waals surface area contributed by atoms with Crippen molar-refractivity contribution in [2.24, 2.45) is 0 Å². The molecule has 3 aromatic heterocycles. The molecule has 0 saturated heterocycles. The number of H-pyrrole nitrogens is 1. The summed E-state index contributed by atoms with van der Waals surface area (Å²) in [5, 5.41) is 16.7. The fraction of sp³-hybridized carbons (Fsp3) is 0. The van der Waals surface area contributed by atoms with Crippen molar-refractivity contribution < 1.29 is 0 Å². The van der Waals surface area contributed by atoms with E-state index in [0.717, 1.165) is 22.3 Å². The lowest BCUT2D eigenvalue weighted by Gasteiger charge is -2.02. The number of hydrogen-bond acceptors (Lipinski definition) is 4. The maximum absolute atomic E-state index is 5.84. The first-order valence-electron chi connectivity index (χ1n) is 6.29. The average Bonchev–Trinajstić information content (AvgIpc) is 3.15. The van der Waals surface area contributed by atoms with Crippen molar-refractivity contribution in [3.8, 4) is 17.1 Å². The fourth-order valence-electron chi connectivity index (χ4n) is 2.26. The van der Waals surface area contributed by atoms with Gasteiger partial charge in [0.25, 0.3) is 0 Å². The monoisotopic (exact) mass is 296 g/mol. The third-order valence-corrected chi connectivity index (χ3v) is 3.42. The summed E-state index contributed by atoms with van der Waals surface area (Å²) in [6.07, 6.45) is 3.34. The average molecular weight is 297 g/mol. The second-order valence-electron chi connectivity index (χ2n) is 4.47. The van der Waals surface area contributed by atoms with Crippen LogP contribution in [0.15, 0.2) is 48.8 Å². The molecular formula is C14H9ClN6. The van der Waals surface area contributed by atoms with Gasteiger partial charge in [0.05, 0.1) is 23.6 Å². The van der Waals surface area contributed by atoms with Crippen LogP contribution in [0.5, 0.6) is 0 Å². The van der Waals surface area contributed by atoms with Gasteiger partial charge in [-0.25, -0.2) is 9.67 Å². The molecule has 0 fully saturated rings. The zero-order valence-electron chi connectivity index (χ0n) is 10.7. The van der Waals surface area contributed by atoms with E-state index in [-0.39, 0.29) is 0 Å². The van der Waals surface area contributed by atoms with Crippen LogP contribution >= 0.6 is 11.6 Å². The van der Waals surface area contributed by atoms with Crippen molar-refractivity contribution in [2.75, 3.05) is 0 Å². The second kappa shape index (κ2) is 4.68. The molecule has 102 valence electrons. The van der Waals surface area contributed by atoms with E-state index in [9.17, 15) is 0 Å². The van der Waals surface area contributed by atoms with Crippen LogP contribution < -0.4 is 0 Å². The smallest absolute Gasteiger partial charge is 0.133 e. The summed E-state index contributed by atoms with van der Waals surface area (Å²) < 4.78 is 1.82. The van der Waals surface area contributed by atoms with Crippen molar-refractivity contribution in [1.82, 2.24) is 30.2 Å². The second-order valence-corrected chi connectivity index (χ2v) is 4.86. The molecule has 0 spiro atoms. The molecule has 0 amide bonds. The van der Waals surface area contributed by atoms with Crippen molar-refractivity contribution in [2.45, 2.75) is 0 Å². The highest BCUT2D eigenvalue weighted by Crippen LogP contribution is 2.28. The van der Waals surface area contributed by atoms with Crippen molar-refractivity contribution in [3.05, 3.63) is 53.9 Å². The zero-order chi connectivity index (χ0) is 14.2. The number of halogens is 1. The Bertz CT molecular complexity index is 895. The Hall–Kier alpha value is -2.73. The predicted molar refractivity (Wildman–Crippen MR) is 79.3 cm³/mol. The molecule has 0 aliphatic heterocycles. The van der Waals surface area contributed by atoms with Gasteiger partial charge in [0.1, 0.15) is 16.5 Å². The third kappa shape index (κ3) is 1.96. The molecular weight excluding hydrogens is 288 g/mol. The molecule has 4 aromatic rings. The maximum Gasteiger partial charge on any atom is 0.133 e. The summed E-state index contributed by atoms with van der Waals surface area (Å²) in [4.78, 5) is 4.10. The summed E-state index contributed by atoms with van der Waals surface area (Å²) >= 11 is 5.84. The number of benzene rings is 1. The van der Waals surface area contributed by atoms with Crippen LogP contribution in [0.25, 0.3) is 28.0 Å². The summed E-state index contributed by atoms with van der Waals surface area (Å²) in [7, 11) is 0. The molecule has 0 aliphatic carbocycles. The number of nitrogens with one attached hydrogen (secondary N) is 1. The standard InChI is InChI=1S/C14H9ClN6/c15-13-6-5-9(7-16-13)21-12-4-2-1-3-10(12)14(19-21)11-8-17-20-18-11/h1-8H,(H,17,18,20). The molecule has 0 atom stereocenters. The first-order valence-corrected chi connectivity index (χ1v) is 6.66. The van der Waals surface area contributed by atoms with Gasteiger partial charge in [-0.05, 0) is 18.2 Å². The molecule has 4 rings (SSSR count). The Labute approximate surface area is 124 Å². The van der Waals surface area contributed by atoms with Crippen molar-refractivity contribution >= 4 is 22.5 Å². The topological polar surface area (TPSA) is 72.3 Å². The molecule has 0 saturated carbocycles. The summed E-state index contributed by atoms with van der Waals surface area (Å²) in [6.45, 7) is 0. The first kappa shape index (κ1) is 12.0. The Morgan fingerprint density at radius 2 is 1.95 bits per heavy atom. The molecule has 1 N–H and O–H groups in total. The van der Waals surface area contributed by atoms with Crippen LogP contribution in [0.1, 0.15) is 0 Å². The molecule has 1 aromatic carbocycles. The summed E-state index contributed by atoms with van der Waals surface area (Å²) in [6, 6.07) is 11.6. The number of hydrogen-bond donors (Lipinski definition) is 1. The Balaban J connectivity index is 2.00. The molecule has 21 heavy (non-hydrogen) atoms. The minimum atomic E-state index is 0.451. The van der Waals surface area contributed by atoms with Gasteiger partial charge in [-0.2, -0.15) is 20.5 Å². The fourth-order valence-corrected chi connectivity index (χ4v) is 2.37. The Morgan fingerprint density at radius 3 is 2.71 bits per heavy atom. The number of nitrogens with zero attached hydrogens (tertiary/aromatic N) is 5. The van der Waals surface area contributed by atoms with E-state index in [1.54, 1.807) is 18.5 Å². The number of para-hydroxylation sites is 1. The van der Waals surface area contributed by atoms with Crippen LogP contribution in [0.3, 0.4) is 0 Å². The normalized spacial score (nSPS) is 11.1. The molecule has 0 bridgehead atoms. The quantitative estimate of drug-likeness (QED) is 0.577. The van der Waals surface area contributed by atoms with Crippen LogP contribution in [0.4, 0.5) is 0 Å². The van der Waals surface area contributed by atoms with Gasteiger partial charge < -0.3 is 0 Å². The largest absolute Gasteiger partial charge is 0.242 e. The van der Waals surface area contributed by atoms with Crippen LogP contribution in [0, 0.1) is 0 Å². The predicted octanol–water partition coefficient (Wildman–Crippen LogP) is 2.86. The van der Waals surface area contributed by atoms with E-state index in [4.69, 9.17) is 11.6 Å². The van der Waals surface area contributed by atoms with Gasteiger partial charge >= 0.3 is 0 Å². The summed E-state index contributed by atoms with van der Waals surface area (Å²) in [5.41, 5.74) is 3.28. The van der Waals surface area contributed by atoms with E-state index in [0.29, 0.717) is 10.8 Å². The zero-order valence-corrected chi connectivity index (χ0v) is 11.5. The lowest BCUT2D eigenvalue weighted by molar-refractivity contribution is 0.900. The lowest BCUT2D eigenvalue weighted by atomic mass is 10.2. The van der Waals surface area contributed by atoms with Gasteiger partial charge in [-0.1, -0.05) is 29.8 Å². The SMILES string of the molecule is Clc1ccc(-n2nc(-c3cn[nH]n3)c3ccccc32)cn1. The van der Waals surface area contributed by atoms with Gasteiger partial charge in [0, 0.05) is 5.39 Å². The summed E-state index contributed by atoms with van der Waals surface area (Å²) in [5.74, 6) is 0. The highest BCUT2D eigenvalue weighted by Gasteiger charge is 2.14. The van der Waals surface area contributed by atoms with Gasteiger partial charge in [-0.3, -0.25) is 0 Å². The highest BCUT2D eigenvalue weighted by molar-refractivity contribution is 6.29. The van der Waals surface area contributed by atoms with Crippen molar-refractivity contribution in [1.29, 1.82) is 0 Å². The number of pyridine rings is 1. The highest BCUT2D eigenvalue weighted by atomic mass is 35.5. The number of rotatable bonds is 2. The van der Waals surface area contributed by atoms with Crippen LogP contribution in [-0.4, -0.2) is 30.2 Å². The molecule has 0 aliphatic rings. The van der Waals surface area contributed by atoms with Crippen LogP contribution in [-0.2, 0) is 0 Å². The van der Waals surface area contributed by atoms with Crippen LogP contribution in [0.2, 0.25) is 5.15 Å². The first-order chi connectivity index (χ1) is 10.3. The Morgan fingerprint density at radius 1 is 1.05 bits per heavy atom. The van der Waals surface area contributed by atoms with E-state index in [1.165, 1.54) is 0 Å². The minimum Gasteiger partial charge on any atom is -0.242 e. The lowest BCUT2D eigenvalue weighted by Crippen LogP contribution is -1.97. The van der Waals surface area contributed by atoms with E-state index in [2.05, 4.69) is 25.5 Å². The molecule has 3 heterocycles.